The number of hydrogen-bond donors (Lipinski definition) is 1. The third kappa shape index (κ3) is 3.37. The maximum Gasteiger partial charge on any atom is 0.418 e. The van der Waals surface area contributed by atoms with Crippen molar-refractivity contribution in [3.63, 3.8) is 0 Å². The number of halogens is 2. The van der Waals surface area contributed by atoms with Gasteiger partial charge in [0.2, 0.25) is 0 Å². The van der Waals surface area contributed by atoms with Crippen LogP contribution >= 0.6 is 0 Å². The van der Waals surface area contributed by atoms with Gasteiger partial charge in [-0.25, -0.2) is 9.28 Å². The third-order valence-corrected chi connectivity index (χ3v) is 5.33. The van der Waals surface area contributed by atoms with Gasteiger partial charge in [-0.15, -0.1) is 0 Å². The Hall–Kier alpha value is -3.45. The highest BCUT2D eigenvalue weighted by Gasteiger charge is 2.34. The van der Waals surface area contributed by atoms with Crippen LogP contribution in [0.3, 0.4) is 0 Å². The number of amides is 2. The number of carbonyl (C=O) groups is 1. The molecule has 1 aliphatic rings. The molecular formula is C23H21F2N2O3+. The predicted molar refractivity (Wildman–Crippen MR) is 111 cm³/mol. The predicted octanol–water partition coefficient (Wildman–Crippen LogP) is 5.08. The van der Waals surface area contributed by atoms with Gasteiger partial charge in [-0.3, -0.25) is 0 Å². The Balaban J connectivity index is 1.95. The Kier molecular flexibility index (Phi) is 4.91. The van der Waals surface area contributed by atoms with Crippen molar-refractivity contribution in [2.75, 3.05) is 14.1 Å². The number of rotatable bonds is 4. The van der Waals surface area contributed by atoms with Gasteiger partial charge in [0, 0.05) is 17.7 Å². The topological polar surface area (TPSA) is 61.6 Å². The van der Waals surface area contributed by atoms with Crippen LogP contribution in [0.25, 0.3) is 11.1 Å². The van der Waals surface area contributed by atoms with Crippen molar-refractivity contribution in [3.8, 4) is 22.6 Å². The van der Waals surface area contributed by atoms with E-state index in [9.17, 15) is 13.6 Å². The molecule has 0 saturated heterocycles. The van der Waals surface area contributed by atoms with Gasteiger partial charge in [0.05, 0.1) is 19.7 Å². The fourth-order valence-electron chi connectivity index (χ4n) is 3.60. The normalized spacial score (nSPS) is 15.2. The lowest BCUT2D eigenvalue weighted by Gasteiger charge is -2.32. The Labute approximate surface area is 172 Å². The molecule has 2 N–H and O–H groups in total. The van der Waals surface area contributed by atoms with E-state index >= 15 is 0 Å². The van der Waals surface area contributed by atoms with Gasteiger partial charge in [-0.1, -0.05) is 36.4 Å². The van der Waals surface area contributed by atoms with E-state index in [1.54, 1.807) is 38.4 Å². The van der Waals surface area contributed by atoms with Crippen molar-refractivity contribution < 1.29 is 23.0 Å². The highest BCUT2D eigenvalue weighted by atomic mass is 19.3. The molecule has 3 aromatic carbocycles. The van der Waals surface area contributed by atoms with E-state index in [4.69, 9.17) is 15.2 Å². The maximum absolute atomic E-state index is 13.0. The molecule has 5 nitrogen and oxygen atoms in total. The summed E-state index contributed by atoms with van der Waals surface area (Å²) in [5.41, 5.74) is 9.02. The van der Waals surface area contributed by atoms with Crippen LogP contribution in [0.5, 0.6) is 11.5 Å². The first kappa shape index (κ1) is 19.8. The SMILES string of the molecule is C[N+](C)(C(N)=O)c1ccc2c(c1)C(c1ccccc1)Oc1cccc(OC(F)F)c1-2. The average Bonchev–Trinajstić information content (AvgIpc) is 2.72. The van der Waals surface area contributed by atoms with Crippen LogP contribution in [0.2, 0.25) is 0 Å². The molecule has 30 heavy (non-hydrogen) atoms. The highest BCUT2D eigenvalue weighted by Crippen LogP contribution is 2.50. The Morgan fingerprint density at radius 2 is 1.80 bits per heavy atom. The van der Waals surface area contributed by atoms with E-state index in [1.165, 1.54) is 6.07 Å². The van der Waals surface area contributed by atoms with Gasteiger partial charge >= 0.3 is 12.6 Å². The summed E-state index contributed by atoms with van der Waals surface area (Å²) in [5.74, 6) is 0.484. The van der Waals surface area contributed by atoms with E-state index in [1.807, 2.05) is 36.4 Å². The molecule has 2 amide bonds. The van der Waals surface area contributed by atoms with E-state index in [0.717, 1.165) is 11.1 Å². The first-order valence-corrected chi connectivity index (χ1v) is 9.37. The third-order valence-electron chi connectivity index (χ3n) is 5.33. The van der Waals surface area contributed by atoms with Crippen LogP contribution in [-0.2, 0) is 0 Å². The molecule has 154 valence electrons. The fourth-order valence-corrected chi connectivity index (χ4v) is 3.60. The average molecular weight is 411 g/mol. The Morgan fingerprint density at radius 1 is 1.07 bits per heavy atom. The van der Waals surface area contributed by atoms with Crippen LogP contribution < -0.4 is 19.7 Å². The summed E-state index contributed by atoms with van der Waals surface area (Å²) in [5, 5.41) is 0. The van der Waals surface area contributed by atoms with Crippen molar-refractivity contribution in [2.45, 2.75) is 12.7 Å². The Bertz CT molecular complexity index is 1100. The molecule has 0 fully saturated rings. The number of quaternary nitrogens is 1. The van der Waals surface area contributed by atoms with Gasteiger partial charge in [0.1, 0.15) is 23.3 Å². The summed E-state index contributed by atoms with van der Waals surface area (Å²) in [6.07, 6.45) is -0.483. The molecule has 1 atom stereocenters. The fraction of sp³-hybridized carbons (Fsp3) is 0.174. The number of ether oxygens (including phenoxy) is 2. The van der Waals surface area contributed by atoms with Crippen molar-refractivity contribution in [1.82, 2.24) is 4.48 Å². The molecule has 3 aromatic rings. The monoisotopic (exact) mass is 411 g/mol. The second kappa shape index (κ2) is 7.42. The number of alkyl halides is 2. The van der Waals surface area contributed by atoms with Crippen LogP contribution in [0.15, 0.2) is 66.7 Å². The first-order chi connectivity index (χ1) is 14.3. The zero-order valence-corrected chi connectivity index (χ0v) is 16.5. The van der Waals surface area contributed by atoms with Crippen LogP contribution in [0.1, 0.15) is 17.2 Å². The first-order valence-electron chi connectivity index (χ1n) is 9.37. The molecule has 1 heterocycles. The standard InChI is InChI=1S/C23H20F2N2O3/c1-27(2,23(26)28)15-11-12-16-17(13-15)21(14-7-4-3-5-8-14)29-18-9-6-10-19(20(16)18)30-22(24)25/h3-13,21-22H,1-2H3,(H-,26,28)/p+1. The Morgan fingerprint density at radius 3 is 2.47 bits per heavy atom. The highest BCUT2D eigenvalue weighted by molar-refractivity contribution is 5.87. The molecule has 0 spiro atoms. The van der Waals surface area contributed by atoms with Crippen molar-refractivity contribution in [1.29, 1.82) is 0 Å². The summed E-state index contributed by atoms with van der Waals surface area (Å²) in [6, 6.07) is 19.3. The maximum atomic E-state index is 13.0. The summed E-state index contributed by atoms with van der Waals surface area (Å²) in [7, 11) is 3.37. The number of hydrogen-bond acceptors (Lipinski definition) is 3. The molecule has 0 bridgehead atoms. The van der Waals surface area contributed by atoms with Crippen LogP contribution in [0, 0.1) is 0 Å². The van der Waals surface area contributed by atoms with Gasteiger partial charge in [0.15, 0.2) is 0 Å². The van der Waals surface area contributed by atoms with Crippen molar-refractivity contribution in [2.24, 2.45) is 5.73 Å². The minimum absolute atomic E-state index is 0.0339. The zero-order valence-electron chi connectivity index (χ0n) is 16.5. The second-order valence-corrected chi connectivity index (χ2v) is 7.48. The lowest BCUT2D eigenvalue weighted by Crippen LogP contribution is -2.50. The van der Waals surface area contributed by atoms with Gasteiger partial charge < -0.3 is 15.2 Å². The van der Waals surface area contributed by atoms with E-state index in [2.05, 4.69) is 0 Å². The van der Waals surface area contributed by atoms with Gasteiger partial charge in [0.25, 0.3) is 0 Å². The number of carbonyl (C=O) groups excluding carboxylic acids is 1. The quantitative estimate of drug-likeness (QED) is 0.609. The number of nitrogens with zero attached hydrogens (tertiary/aromatic N) is 1. The summed E-state index contributed by atoms with van der Waals surface area (Å²) in [4.78, 5) is 12.0. The number of fused-ring (bicyclic) bond motifs is 3. The van der Waals surface area contributed by atoms with Gasteiger partial charge in [-0.2, -0.15) is 8.78 Å². The molecule has 4 rings (SSSR count). The zero-order chi connectivity index (χ0) is 21.5. The van der Waals surface area contributed by atoms with Crippen molar-refractivity contribution >= 4 is 11.7 Å². The van der Waals surface area contributed by atoms with E-state index in [0.29, 0.717) is 22.6 Å². The smallest absolute Gasteiger partial charge is 0.418 e. The molecule has 0 radical (unpaired) electrons. The largest absolute Gasteiger partial charge is 0.480 e. The summed E-state index contributed by atoms with van der Waals surface area (Å²) >= 11 is 0. The number of urea groups is 1. The van der Waals surface area contributed by atoms with Crippen molar-refractivity contribution in [3.05, 3.63) is 77.9 Å². The number of nitrogens with two attached hydrogens (primary N) is 1. The number of primary amides is 1. The van der Waals surface area contributed by atoms with E-state index < -0.39 is 18.7 Å². The molecule has 1 aliphatic heterocycles. The number of benzene rings is 3. The molecule has 7 heteroatoms. The molecular weight excluding hydrogens is 390 g/mol. The lowest BCUT2D eigenvalue weighted by atomic mass is 9.88. The molecule has 1 unspecified atom stereocenters. The minimum Gasteiger partial charge on any atom is -0.480 e. The lowest BCUT2D eigenvalue weighted by molar-refractivity contribution is -0.0496. The van der Waals surface area contributed by atoms with E-state index in [-0.39, 0.29) is 10.2 Å². The second-order valence-electron chi connectivity index (χ2n) is 7.48. The summed E-state index contributed by atoms with van der Waals surface area (Å²) in [6.45, 7) is -2.96. The van der Waals surface area contributed by atoms with Gasteiger partial charge in [-0.05, 0) is 29.3 Å². The minimum atomic E-state index is -2.96. The molecule has 0 aliphatic carbocycles. The van der Waals surface area contributed by atoms with Crippen LogP contribution in [-0.4, -0.2) is 26.7 Å². The van der Waals surface area contributed by atoms with Crippen LogP contribution in [0.4, 0.5) is 19.3 Å². The molecule has 0 aromatic heterocycles. The summed E-state index contributed by atoms with van der Waals surface area (Å²) < 4.78 is 36.8. The molecule has 0 saturated carbocycles.